The zero-order valence-corrected chi connectivity index (χ0v) is 15.4. The Hall–Kier alpha value is -3.80. The summed E-state index contributed by atoms with van der Waals surface area (Å²) >= 11 is 0. The summed E-state index contributed by atoms with van der Waals surface area (Å²) in [6.07, 6.45) is 0. The number of esters is 1. The van der Waals surface area contributed by atoms with Gasteiger partial charge in [0.05, 0.1) is 0 Å². The highest BCUT2D eigenvalue weighted by atomic mass is 19.1. The Kier molecular flexibility index (Phi) is 6.47. The van der Waals surface area contributed by atoms with Crippen LogP contribution in [0.3, 0.4) is 0 Å². The lowest BCUT2D eigenvalue weighted by molar-refractivity contribution is -0.141. The Bertz CT molecular complexity index is 1020. The second-order valence-corrected chi connectivity index (χ2v) is 6.22. The topological polar surface area (TPSA) is 72.5 Å². The van der Waals surface area contributed by atoms with Crippen LogP contribution in [-0.2, 0) is 9.53 Å². The van der Waals surface area contributed by atoms with Crippen LogP contribution in [0.15, 0.2) is 78.9 Å². The van der Waals surface area contributed by atoms with Gasteiger partial charge in [0.15, 0.2) is 12.4 Å². The number of ketones is 1. The van der Waals surface area contributed by atoms with Crippen LogP contribution in [0.2, 0.25) is 0 Å². The minimum absolute atomic E-state index is 0.111. The third kappa shape index (κ3) is 5.59. The predicted molar refractivity (Wildman–Crippen MR) is 106 cm³/mol. The normalized spacial score (nSPS) is 10.2. The summed E-state index contributed by atoms with van der Waals surface area (Å²) in [6.45, 7) is -0.903. The average molecular weight is 391 g/mol. The molecule has 6 heteroatoms. The molecule has 0 bridgehead atoms. The first kappa shape index (κ1) is 19.9. The molecule has 1 amide bonds. The highest BCUT2D eigenvalue weighted by Gasteiger charge is 2.12. The first-order valence-electron chi connectivity index (χ1n) is 8.91. The minimum Gasteiger partial charge on any atom is -0.456 e. The molecule has 0 aliphatic rings. The number of nitrogens with one attached hydrogen (secondary N) is 1. The molecule has 1 N–H and O–H groups in total. The van der Waals surface area contributed by atoms with Gasteiger partial charge in [-0.25, -0.2) is 4.39 Å². The van der Waals surface area contributed by atoms with Gasteiger partial charge in [-0.15, -0.1) is 0 Å². The summed E-state index contributed by atoms with van der Waals surface area (Å²) in [5.74, 6) is -2.27. The van der Waals surface area contributed by atoms with Crippen LogP contribution in [-0.4, -0.2) is 30.8 Å². The van der Waals surface area contributed by atoms with Gasteiger partial charge < -0.3 is 10.1 Å². The van der Waals surface area contributed by atoms with Crippen molar-refractivity contribution in [1.29, 1.82) is 0 Å². The molecule has 0 unspecified atom stereocenters. The van der Waals surface area contributed by atoms with Crippen molar-refractivity contribution < 1.29 is 23.5 Å². The fourth-order valence-electron chi connectivity index (χ4n) is 2.64. The second kappa shape index (κ2) is 9.41. The van der Waals surface area contributed by atoms with Crippen LogP contribution in [0.5, 0.6) is 0 Å². The molecule has 0 aromatic heterocycles. The van der Waals surface area contributed by atoms with E-state index in [0.29, 0.717) is 5.56 Å². The second-order valence-electron chi connectivity index (χ2n) is 6.22. The summed E-state index contributed by atoms with van der Waals surface area (Å²) in [7, 11) is 0. The number of carbonyl (C=O) groups is 3. The van der Waals surface area contributed by atoms with Crippen molar-refractivity contribution in [3.8, 4) is 11.1 Å². The molecule has 0 saturated carbocycles. The van der Waals surface area contributed by atoms with Gasteiger partial charge in [0, 0.05) is 11.1 Å². The van der Waals surface area contributed by atoms with E-state index in [1.165, 1.54) is 18.2 Å². The summed E-state index contributed by atoms with van der Waals surface area (Å²) in [4.78, 5) is 35.8. The van der Waals surface area contributed by atoms with Gasteiger partial charge in [0.25, 0.3) is 5.91 Å². The van der Waals surface area contributed by atoms with Crippen LogP contribution in [0.1, 0.15) is 20.7 Å². The number of Topliss-reactive ketones (excluding diaryl/α,β-unsaturated/α-hetero) is 1. The number of benzene rings is 3. The van der Waals surface area contributed by atoms with Crippen molar-refractivity contribution in [2.75, 3.05) is 13.2 Å². The number of ether oxygens (including phenoxy) is 1. The van der Waals surface area contributed by atoms with Crippen LogP contribution in [0.4, 0.5) is 4.39 Å². The van der Waals surface area contributed by atoms with Crippen molar-refractivity contribution >= 4 is 17.7 Å². The lowest BCUT2D eigenvalue weighted by Crippen LogP contribution is -2.31. The van der Waals surface area contributed by atoms with E-state index in [9.17, 15) is 18.8 Å². The van der Waals surface area contributed by atoms with Crippen LogP contribution < -0.4 is 5.32 Å². The maximum Gasteiger partial charge on any atom is 0.325 e. The fraction of sp³-hybridized carbons (Fsp3) is 0.0870. The summed E-state index contributed by atoms with van der Waals surface area (Å²) in [5.41, 5.74) is 2.51. The van der Waals surface area contributed by atoms with Crippen molar-refractivity contribution in [2.45, 2.75) is 0 Å². The Morgan fingerprint density at radius 1 is 0.793 bits per heavy atom. The predicted octanol–water partition coefficient (Wildman–Crippen LogP) is 3.65. The number of rotatable bonds is 7. The molecule has 0 aliphatic carbocycles. The first-order chi connectivity index (χ1) is 14.0. The van der Waals surface area contributed by atoms with E-state index >= 15 is 0 Å². The number of halogens is 1. The highest BCUT2D eigenvalue weighted by Crippen LogP contribution is 2.19. The summed E-state index contributed by atoms with van der Waals surface area (Å²) < 4.78 is 17.9. The molecule has 0 spiro atoms. The lowest BCUT2D eigenvalue weighted by atomic mass is 10.0. The quantitative estimate of drug-likeness (QED) is 0.493. The smallest absolute Gasteiger partial charge is 0.325 e. The van der Waals surface area contributed by atoms with Gasteiger partial charge in [-0.05, 0) is 35.4 Å². The van der Waals surface area contributed by atoms with E-state index in [1.807, 2.05) is 42.5 Å². The van der Waals surface area contributed by atoms with Crippen LogP contribution in [0, 0.1) is 5.82 Å². The standard InChI is InChI=1S/C23H18FNO4/c24-20-8-4-7-19(13-20)21(26)15-29-22(27)14-25-23(28)18-11-9-17(10-12-18)16-5-2-1-3-6-16/h1-13H,14-15H2,(H,25,28). The first-order valence-corrected chi connectivity index (χ1v) is 8.91. The third-order valence-electron chi connectivity index (χ3n) is 4.16. The zero-order valence-electron chi connectivity index (χ0n) is 15.4. The van der Waals surface area contributed by atoms with E-state index < -0.39 is 30.1 Å². The van der Waals surface area contributed by atoms with Gasteiger partial charge in [0.1, 0.15) is 12.4 Å². The molecule has 29 heavy (non-hydrogen) atoms. The van der Waals surface area contributed by atoms with E-state index in [2.05, 4.69) is 5.32 Å². The number of carbonyl (C=O) groups excluding carboxylic acids is 3. The number of hydrogen-bond donors (Lipinski definition) is 1. The molecule has 0 radical (unpaired) electrons. The molecule has 5 nitrogen and oxygen atoms in total. The Morgan fingerprint density at radius 3 is 2.17 bits per heavy atom. The molecular formula is C23H18FNO4. The lowest BCUT2D eigenvalue weighted by Gasteiger charge is -2.07. The van der Waals surface area contributed by atoms with Crippen molar-refractivity contribution in [1.82, 2.24) is 5.32 Å². The van der Waals surface area contributed by atoms with Gasteiger partial charge in [-0.3, -0.25) is 14.4 Å². The third-order valence-corrected chi connectivity index (χ3v) is 4.16. The molecule has 3 aromatic rings. The summed E-state index contributed by atoms with van der Waals surface area (Å²) in [5, 5.41) is 2.45. The highest BCUT2D eigenvalue weighted by molar-refractivity contribution is 5.99. The molecule has 3 aromatic carbocycles. The van der Waals surface area contributed by atoms with Gasteiger partial charge in [-0.2, -0.15) is 0 Å². The van der Waals surface area contributed by atoms with Crippen molar-refractivity contribution in [3.05, 3.63) is 95.8 Å². The van der Waals surface area contributed by atoms with E-state index in [4.69, 9.17) is 4.74 Å². The van der Waals surface area contributed by atoms with Crippen molar-refractivity contribution in [3.63, 3.8) is 0 Å². The number of amides is 1. The van der Waals surface area contributed by atoms with Gasteiger partial charge >= 0.3 is 5.97 Å². The molecule has 0 aliphatic heterocycles. The van der Waals surface area contributed by atoms with Crippen LogP contribution >= 0.6 is 0 Å². The van der Waals surface area contributed by atoms with E-state index in [1.54, 1.807) is 12.1 Å². The SMILES string of the molecule is O=C(CNC(=O)c1ccc(-c2ccccc2)cc1)OCC(=O)c1cccc(F)c1. The molecular weight excluding hydrogens is 373 g/mol. The molecule has 3 rings (SSSR count). The Labute approximate surface area is 167 Å². The molecule has 146 valence electrons. The zero-order chi connectivity index (χ0) is 20.6. The summed E-state index contributed by atoms with van der Waals surface area (Å²) in [6, 6.07) is 21.8. The van der Waals surface area contributed by atoms with Crippen molar-refractivity contribution in [2.24, 2.45) is 0 Å². The molecule has 0 heterocycles. The van der Waals surface area contributed by atoms with Gasteiger partial charge in [-0.1, -0.05) is 54.6 Å². The number of hydrogen-bond acceptors (Lipinski definition) is 4. The van der Waals surface area contributed by atoms with E-state index in [-0.39, 0.29) is 12.1 Å². The minimum atomic E-state index is -0.760. The average Bonchev–Trinajstić information content (AvgIpc) is 2.76. The Morgan fingerprint density at radius 2 is 1.48 bits per heavy atom. The van der Waals surface area contributed by atoms with Crippen LogP contribution in [0.25, 0.3) is 11.1 Å². The fourth-order valence-corrected chi connectivity index (χ4v) is 2.64. The molecule has 0 fully saturated rings. The van der Waals surface area contributed by atoms with E-state index in [0.717, 1.165) is 17.2 Å². The molecule has 0 atom stereocenters. The Balaban J connectivity index is 1.47. The monoisotopic (exact) mass is 391 g/mol. The maximum atomic E-state index is 13.1. The maximum absolute atomic E-state index is 13.1. The largest absolute Gasteiger partial charge is 0.456 e. The van der Waals surface area contributed by atoms with Gasteiger partial charge in [0.2, 0.25) is 0 Å². The molecule has 0 saturated heterocycles.